The highest BCUT2D eigenvalue weighted by molar-refractivity contribution is 6.07. The van der Waals surface area contributed by atoms with Crippen LogP contribution < -0.4 is 10.2 Å². The van der Waals surface area contributed by atoms with Crippen molar-refractivity contribution < 1.29 is 18.7 Å². The average molecular weight is 609 g/mol. The van der Waals surface area contributed by atoms with Crippen LogP contribution in [0.2, 0.25) is 0 Å². The summed E-state index contributed by atoms with van der Waals surface area (Å²) in [5.41, 5.74) is 4.93. The number of carbonyl (C=O) groups is 2. The molecule has 1 N–H and O–H groups in total. The number of rotatable bonds is 9. The molecule has 1 amide bonds. The topological polar surface area (TPSA) is 94.3 Å². The minimum atomic E-state index is -0.335. The van der Waals surface area contributed by atoms with Crippen molar-refractivity contribution in [2.24, 2.45) is 5.92 Å². The molecule has 10 heteroatoms. The number of imidazole rings is 1. The van der Waals surface area contributed by atoms with Crippen molar-refractivity contribution >= 4 is 34.2 Å². The van der Waals surface area contributed by atoms with Gasteiger partial charge in [0.2, 0.25) is 0 Å². The fourth-order valence-electron chi connectivity index (χ4n) is 5.94. The Morgan fingerprint density at radius 2 is 1.76 bits per heavy atom. The zero-order valence-corrected chi connectivity index (χ0v) is 25.7. The molecule has 1 aliphatic heterocycles. The first-order valence-corrected chi connectivity index (χ1v) is 15.4. The number of anilines is 2. The molecule has 1 aliphatic rings. The molecule has 0 atom stereocenters. The molecule has 232 valence electrons. The van der Waals surface area contributed by atoms with Crippen molar-refractivity contribution in [1.29, 1.82) is 0 Å². The second-order valence-corrected chi connectivity index (χ2v) is 11.7. The third-order valence-electron chi connectivity index (χ3n) is 8.37. The molecule has 0 bridgehead atoms. The first-order chi connectivity index (χ1) is 21.8. The van der Waals surface area contributed by atoms with Crippen LogP contribution in [0.5, 0.6) is 0 Å². The van der Waals surface area contributed by atoms with Crippen LogP contribution in [0.1, 0.15) is 60.5 Å². The summed E-state index contributed by atoms with van der Waals surface area (Å²) in [7, 11) is 0. The SMILES string of the molecule is CCOC(=O)c1ccc(N2CCC(Cn3ncc4ccc(NC(=O)c5ncn(C(C)C)c5-c5ccc(F)cc5)cc43)CC2)cc1. The monoisotopic (exact) mass is 608 g/mol. The number of halogens is 1. The van der Waals surface area contributed by atoms with E-state index in [9.17, 15) is 14.0 Å². The summed E-state index contributed by atoms with van der Waals surface area (Å²) < 4.78 is 22.7. The first-order valence-electron chi connectivity index (χ1n) is 15.4. The van der Waals surface area contributed by atoms with Gasteiger partial charge in [-0.3, -0.25) is 9.48 Å². The van der Waals surface area contributed by atoms with E-state index in [1.165, 1.54) is 12.1 Å². The smallest absolute Gasteiger partial charge is 0.338 e. The Balaban J connectivity index is 1.13. The van der Waals surface area contributed by atoms with Crippen molar-refractivity contribution in [3.63, 3.8) is 0 Å². The van der Waals surface area contributed by atoms with Crippen molar-refractivity contribution in [2.75, 3.05) is 29.9 Å². The molecule has 6 rings (SSSR count). The van der Waals surface area contributed by atoms with E-state index >= 15 is 0 Å². The standard InChI is InChI=1S/C35H37FN6O3/c1-4-45-35(44)26-8-13-30(14-9-26)40-17-15-24(16-18-40)21-42-31-19-29(12-7-27(31)20-38-42)39-34(43)32-33(41(22-37-32)23(2)3)25-5-10-28(36)11-6-25/h5-14,19-20,22-24H,4,15-18,21H2,1-3H3,(H,39,43). The number of hydrogen-bond donors (Lipinski definition) is 1. The summed E-state index contributed by atoms with van der Waals surface area (Å²) in [6, 6.07) is 19.6. The van der Waals surface area contributed by atoms with E-state index in [1.807, 2.05) is 71.8 Å². The first kappa shape index (κ1) is 30.1. The van der Waals surface area contributed by atoms with Crippen molar-refractivity contribution in [1.82, 2.24) is 19.3 Å². The summed E-state index contributed by atoms with van der Waals surface area (Å²) >= 11 is 0. The number of piperidine rings is 1. The van der Waals surface area contributed by atoms with Gasteiger partial charge < -0.3 is 19.5 Å². The highest BCUT2D eigenvalue weighted by atomic mass is 19.1. The predicted octanol–water partition coefficient (Wildman–Crippen LogP) is 6.97. The van der Waals surface area contributed by atoms with Crippen molar-refractivity contribution in [3.05, 3.63) is 96.3 Å². The lowest BCUT2D eigenvalue weighted by molar-refractivity contribution is 0.0526. The fraction of sp³-hybridized carbons (Fsp3) is 0.314. The Morgan fingerprint density at radius 1 is 1.02 bits per heavy atom. The molecular formula is C35H37FN6O3. The molecule has 0 radical (unpaired) electrons. The largest absolute Gasteiger partial charge is 0.462 e. The third-order valence-corrected chi connectivity index (χ3v) is 8.37. The fourth-order valence-corrected chi connectivity index (χ4v) is 5.94. The van der Waals surface area contributed by atoms with Crippen LogP contribution in [0.15, 0.2) is 79.3 Å². The number of fused-ring (bicyclic) bond motifs is 1. The lowest BCUT2D eigenvalue weighted by atomic mass is 9.96. The normalized spacial score (nSPS) is 13.8. The van der Waals surface area contributed by atoms with Gasteiger partial charge in [0.25, 0.3) is 5.91 Å². The highest BCUT2D eigenvalue weighted by Crippen LogP contribution is 2.29. The van der Waals surface area contributed by atoms with E-state index in [0.29, 0.717) is 29.5 Å². The van der Waals surface area contributed by atoms with Crippen LogP contribution in [0.25, 0.3) is 22.2 Å². The van der Waals surface area contributed by atoms with Crippen LogP contribution in [-0.4, -0.2) is 50.9 Å². The Hall–Kier alpha value is -4.99. The molecule has 0 saturated carbocycles. The Bertz CT molecular complexity index is 1800. The molecule has 0 unspecified atom stereocenters. The van der Waals surface area contributed by atoms with Gasteiger partial charge >= 0.3 is 5.97 Å². The van der Waals surface area contributed by atoms with Crippen LogP contribution in [0.3, 0.4) is 0 Å². The number of carbonyl (C=O) groups excluding carboxylic acids is 2. The molecule has 2 aromatic heterocycles. The molecule has 45 heavy (non-hydrogen) atoms. The predicted molar refractivity (Wildman–Crippen MR) is 173 cm³/mol. The second-order valence-electron chi connectivity index (χ2n) is 11.7. The molecule has 9 nitrogen and oxygen atoms in total. The summed E-state index contributed by atoms with van der Waals surface area (Å²) in [5.74, 6) is -0.506. The molecule has 1 fully saturated rings. The second kappa shape index (κ2) is 12.9. The van der Waals surface area contributed by atoms with Crippen LogP contribution in [0, 0.1) is 11.7 Å². The van der Waals surface area contributed by atoms with Crippen LogP contribution >= 0.6 is 0 Å². The summed E-state index contributed by atoms with van der Waals surface area (Å²) in [6.45, 7) is 8.81. The highest BCUT2D eigenvalue weighted by Gasteiger charge is 2.23. The maximum absolute atomic E-state index is 13.6. The van der Waals surface area contributed by atoms with E-state index < -0.39 is 0 Å². The maximum Gasteiger partial charge on any atom is 0.338 e. The van der Waals surface area contributed by atoms with Crippen LogP contribution in [-0.2, 0) is 11.3 Å². The summed E-state index contributed by atoms with van der Waals surface area (Å²) in [4.78, 5) is 32.3. The van der Waals surface area contributed by atoms with Gasteiger partial charge in [0.15, 0.2) is 5.69 Å². The average Bonchev–Trinajstić information content (AvgIpc) is 3.67. The molecule has 0 spiro atoms. The van der Waals surface area contributed by atoms with Gasteiger partial charge in [-0.25, -0.2) is 14.2 Å². The molecule has 3 heterocycles. The van der Waals surface area contributed by atoms with Gasteiger partial charge in [0.05, 0.1) is 35.9 Å². The van der Waals surface area contributed by atoms with Gasteiger partial charge in [-0.05, 0) is 106 Å². The number of nitrogens with one attached hydrogen (secondary N) is 1. The zero-order chi connectivity index (χ0) is 31.5. The van der Waals surface area contributed by atoms with Crippen LogP contribution in [0.4, 0.5) is 15.8 Å². The maximum atomic E-state index is 13.6. The van der Waals surface area contributed by atoms with E-state index in [1.54, 1.807) is 25.4 Å². The Labute approximate surface area is 261 Å². The Morgan fingerprint density at radius 3 is 2.44 bits per heavy atom. The Kier molecular flexibility index (Phi) is 8.64. The minimum absolute atomic E-state index is 0.0635. The van der Waals surface area contributed by atoms with Gasteiger partial charge in [-0.15, -0.1) is 0 Å². The van der Waals surface area contributed by atoms with Gasteiger partial charge in [0, 0.05) is 48.0 Å². The number of ether oxygens (including phenoxy) is 1. The molecular weight excluding hydrogens is 571 g/mol. The number of nitrogens with zero attached hydrogens (tertiary/aromatic N) is 5. The summed E-state index contributed by atoms with van der Waals surface area (Å²) in [5, 5.41) is 8.69. The van der Waals surface area contributed by atoms with E-state index in [4.69, 9.17) is 4.74 Å². The van der Waals surface area contributed by atoms with Crippen molar-refractivity contribution in [2.45, 2.75) is 46.2 Å². The molecule has 1 saturated heterocycles. The lowest BCUT2D eigenvalue weighted by Gasteiger charge is -2.33. The van der Waals surface area contributed by atoms with Gasteiger partial charge in [-0.2, -0.15) is 5.10 Å². The zero-order valence-electron chi connectivity index (χ0n) is 25.7. The lowest BCUT2D eigenvalue weighted by Crippen LogP contribution is -2.35. The van der Waals surface area contributed by atoms with Gasteiger partial charge in [0.1, 0.15) is 5.82 Å². The number of amides is 1. The quantitative estimate of drug-likeness (QED) is 0.182. The molecule has 3 aromatic carbocycles. The number of esters is 1. The van der Waals surface area contributed by atoms with E-state index in [-0.39, 0.29) is 29.4 Å². The molecule has 5 aromatic rings. The number of hydrogen-bond acceptors (Lipinski definition) is 6. The van der Waals surface area contributed by atoms with Gasteiger partial charge in [-0.1, -0.05) is 0 Å². The number of benzene rings is 3. The number of aromatic nitrogens is 4. The van der Waals surface area contributed by atoms with E-state index in [2.05, 4.69) is 20.3 Å². The minimum Gasteiger partial charge on any atom is -0.462 e. The van der Waals surface area contributed by atoms with E-state index in [0.717, 1.165) is 54.6 Å². The van der Waals surface area contributed by atoms with Crippen molar-refractivity contribution in [3.8, 4) is 11.3 Å². The summed E-state index contributed by atoms with van der Waals surface area (Å²) in [6.07, 6.45) is 5.54. The third kappa shape index (κ3) is 6.45. The molecule has 0 aliphatic carbocycles.